The molecule has 0 heterocycles. The summed E-state index contributed by atoms with van der Waals surface area (Å²) in [5.41, 5.74) is 0. The van der Waals surface area contributed by atoms with E-state index in [-0.39, 0.29) is 12.8 Å². The third kappa shape index (κ3) is 29.7. The van der Waals surface area contributed by atoms with Crippen molar-refractivity contribution >= 4 is 19.8 Å². The SMILES string of the molecule is CC/C=C/C/C=C/C/C=C/CCCCCCCC(=O)OC[C@H](COP(=O)(O)OC1C(O)C(O)C(O)[C@H](O)C1O)OC(=O)CCCCCCCCCCC/C=C/CCCCCC. The molecule has 1 fully saturated rings. The monoisotopic (exact) mass is 887 g/mol. The standard InChI is InChI=1S/C47H83O13P/c1-3-5-7-9-11-13-15-17-19-20-22-24-26-28-30-32-34-36-41(49)59-39(38-58-61(55,56)60-47-45(53)43(51)42(50)44(52)46(47)54)37-57-40(48)35-33-31-29-27-25-23-21-18-16-14-12-10-8-6-4-2/h6,8,12-15,18,21,39,42-47,50-54H,3-5,7,9-11,16-17,19-20,22-38H2,1-2H3,(H,55,56)/b8-6+,14-12+,15-13+,21-18+/t39-,42?,43+,44?,45?,46?,47?/m1/s1. The van der Waals surface area contributed by atoms with Gasteiger partial charge in [-0.1, -0.05) is 146 Å². The third-order valence-electron chi connectivity index (χ3n) is 10.7. The number of esters is 2. The van der Waals surface area contributed by atoms with E-state index < -0.39 is 75.7 Å². The highest BCUT2D eigenvalue weighted by Crippen LogP contribution is 2.47. The molecule has 6 N–H and O–H groups in total. The largest absolute Gasteiger partial charge is 0.472 e. The second kappa shape index (κ2) is 37.2. The highest BCUT2D eigenvalue weighted by Gasteiger charge is 2.51. The average molecular weight is 887 g/mol. The molecule has 61 heavy (non-hydrogen) atoms. The lowest BCUT2D eigenvalue weighted by atomic mass is 9.85. The lowest BCUT2D eigenvalue weighted by Gasteiger charge is -2.41. The molecule has 0 radical (unpaired) electrons. The Morgan fingerprint density at radius 2 is 0.934 bits per heavy atom. The Kier molecular flexibility index (Phi) is 34.7. The van der Waals surface area contributed by atoms with Crippen LogP contribution in [-0.4, -0.2) is 98.3 Å². The fourth-order valence-electron chi connectivity index (χ4n) is 6.88. The van der Waals surface area contributed by atoms with Crippen molar-refractivity contribution < 1.29 is 63.1 Å². The van der Waals surface area contributed by atoms with Crippen LogP contribution >= 0.6 is 7.82 Å². The second-order valence-electron chi connectivity index (χ2n) is 16.2. The Morgan fingerprint density at radius 1 is 0.525 bits per heavy atom. The van der Waals surface area contributed by atoms with E-state index >= 15 is 0 Å². The minimum atomic E-state index is -5.12. The van der Waals surface area contributed by atoms with Crippen molar-refractivity contribution in [3.8, 4) is 0 Å². The van der Waals surface area contributed by atoms with Crippen LogP contribution < -0.4 is 0 Å². The number of phosphoric ester groups is 1. The number of hydrogen-bond donors (Lipinski definition) is 6. The number of ether oxygens (including phenoxy) is 2. The van der Waals surface area contributed by atoms with Crippen LogP contribution in [0.25, 0.3) is 0 Å². The first-order valence-electron chi connectivity index (χ1n) is 23.4. The van der Waals surface area contributed by atoms with Crippen LogP contribution in [0.4, 0.5) is 0 Å². The van der Waals surface area contributed by atoms with Crippen LogP contribution in [0.15, 0.2) is 48.6 Å². The summed E-state index contributed by atoms with van der Waals surface area (Å²) in [6.07, 6.45) is 30.2. The molecule has 14 heteroatoms. The number of phosphoric acid groups is 1. The Balaban J connectivity index is 2.46. The first kappa shape index (κ1) is 56.8. The van der Waals surface area contributed by atoms with Gasteiger partial charge in [-0.2, -0.15) is 0 Å². The molecular weight excluding hydrogens is 803 g/mol. The molecule has 1 aliphatic rings. The van der Waals surface area contributed by atoms with Gasteiger partial charge in [-0.3, -0.25) is 18.6 Å². The number of carbonyl (C=O) groups is 2. The van der Waals surface area contributed by atoms with Gasteiger partial charge in [0, 0.05) is 12.8 Å². The number of aliphatic hydroxyl groups is 5. The van der Waals surface area contributed by atoms with Crippen molar-refractivity contribution in [2.75, 3.05) is 13.2 Å². The van der Waals surface area contributed by atoms with Gasteiger partial charge in [0.1, 0.15) is 43.2 Å². The van der Waals surface area contributed by atoms with E-state index in [0.29, 0.717) is 12.8 Å². The summed E-state index contributed by atoms with van der Waals surface area (Å²) in [5.74, 6) is -1.12. The maximum atomic E-state index is 12.8. The topological polar surface area (TPSA) is 210 Å². The van der Waals surface area contributed by atoms with E-state index in [1.54, 1.807) is 0 Å². The van der Waals surface area contributed by atoms with Crippen molar-refractivity contribution in [2.45, 2.75) is 224 Å². The van der Waals surface area contributed by atoms with Gasteiger partial charge in [0.2, 0.25) is 0 Å². The van der Waals surface area contributed by atoms with Gasteiger partial charge in [-0.15, -0.1) is 0 Å². The summed E-state index contributed by atoms with van der Waals surface area (Å²) >= 11 is 0. The Labute approximate surface area is 367 Å². The number of hydrogen-bond acceptors (Lipinski definition) is 12. The molecule has 0 amide bonds. The molecule has 1 rings (SSSR count). The minimum Gasteiger partial charge on any atom is -0.462 e. The van der Waals surface area contributed by atoms with Crippen LogP contribution in [0, 0.1) is 0 Å². The molecule has 354 valence electrons. The summed E-state index contributed by atoms with van der Waals surface area (Å²) in [5, 5.41) is 50.2. The lowest BCUT2D eigenvalue weighted by Crippen LogP contribution is -2.64. The van der Waals surface area contributed by atoms with Gasteiger partial charge in [-0.25, -0.2) is 4.57 Å². The molecule has 0 aromatic rings. The molecule has 0 spiro atoms. The quantitative estimate of drug-likeness (QED) is 0.0148. The van der Waals surface area contributed by atoms with E-state index in [9.17, 15) is 44.6 Å². The maximum absolute atomic E-state index is 12.8. The molecule has 0 saturated heterocycles. The van der Waals surface area contributed by atoms with Crippen LogP contribution in [-0.2, 0) is 32.7 Å². The van der Waals surface area contributed by atoms with Crippen molar-refractivity contribution in [3.63, 3.8) is 0 Å². The molecule has 8 atom stereocenters. The van der Waals surface area contributed by atoms with E-state index in [4.69, 9.17) is 18.5 Å². The fourth-order valence-corrected chi connectivity index (χ4v) is 7.86. The third-order valence-corrected chi connectivity index (χ3v) is 11.6. The second-order valence-corrected chi connectivity index (χ2v) is 17.6. The van der Waals surface area contributed by atoms with Crippen LogP contribution in [0.2, 0.25) is 0 Å². The van der Waals surface area contributed by atoms with Gasteiger partial charge >= 0.3 is 19.8 Å². The van der Waals surface area contributed by atoms with Crippen molar-refractivity contribution in [3.05, 3.63) is 48.6 Å². The molecular formula is C47H83O13P. The number of rotatable bonds is 38. The average Bonchev–Trinajstić information content (AvgIpc) is 3.24. The van der Waals surface area contributed by atoms with Crippen LogP contribution in [0.1, 0.15) is 181 Å². The Morgan fingerprint density at radius 3 is 1.44 bits per heavy atom. The van der Waals surface area contributed by atoms with E-state index in [1.807, 2.05) is 0 Å². The molecule has 0 aromatic carbocycles. The van der Waals surface area contributed by atoms with Crippen molar-refractivity contribution in [2.24, 2.45) is 0 Å². The van der Waals surface area contributed by atoms with Gasteiger partial charge in [0.15, 0.2) is 6.10 Å². The van der Waals surface area contributed by atoms with E-state index in [2.05, 4.69) is 62.5 Å². The van der Waals surface area contributed by atoms with Gasteiger partial charge < -0.3 is 39.9 Å². The number of unbranched alkanes of at least 4 members (excludes halogenated alkanes) is 18. The molecule has 0 bridgehead atoms. The maximum Gasteiger partial charge on any atom is 0.472 e. The van der Waals surface area contributed by atoms with Gasteiger partial charge in [-0.05, 0) is 70.6 Å². The van der Waals surface area contributed by atoms with E-state index in [0.717, 1.165) is 83.5 Å². The Hall–Kier alpha value is -2.19. The van der Waals surface area contributed by atoms with Crippen LogP contribution in [0.5, 0.6) is 0 Å². The zero-order valence-electron chi connectivity index (χ0n) is 37.4. The fraction of sp³-hybridized carbons (Fsp3) is 0.787. The normalized spacial score (nSPS) is 22.4. The highest BCUT2D eigenvalue weighted by molar-refractivity contribution is 7.47. The van der Waals surface area contributed by atoms with E-state index in [1.165, 1.54) is 57.8 Å². The minimum absolute atomic E-state index is 0.0895. The Bertz CT molecular complexity index is 1250. The summed E-state index contributed by atoms with van der Waals surface area (Å²) in [4.78, 5) is 35.7. The smallest absolute Gasteiger partial charge is 0.462 e. The lowest BCUT2D eigenvalue weighted by molar-refractivity contribution is -0.220. The first-order valence-corrected chi connectivity index (χ1v) is 24.9. The van der Waals surface area contributed by atoms with Gasteiger partial charge in [0.25, 0.3) is 0 Å². The summed E-state index contributed by atoms with van der Waals surface area (Å²) in [7, 11) is -5.12. The molecule has 0 aliphatic heterocycles. The molecule has 0 aromatic heterocycles. The predicted molar refractivity (Wildman–Crippen MR) is 239 cm³/mol. The summed E-state index contributed by atoms with van der Waals surface area (Å²) in [6, 6.07) is 0. The highest BCUT2D eigenvalue weighted by atomic mass is 31.2. The molecule has 1 saturated carbocycles. The summed E-state index contributed by atoms with van der Waals surface area (Å²) in [6.45, 7) is 3.16. The zero-order valence-corrected chi connectivity index (χ0v) is 38.3. The zero-order chi connectivity index (χ0) is 45.0. The van der Waals surface area contributed by atoms with Gasteiger partial charge in [0.05, 0.1) is 6.61 Å². The molecule has 6 unspecified atom stereocenters. The van der Waals surface area contributed by atoms with Crippen molar-refractivity contribution in [1.29, 1.82) is 0 Å². The number of aliphatic hydroxyl groups excluding tert-OH is 5. The number of allylic oxidation sites excluding steroid dienone is 8. The summed E-state index contributed by atoms with van der Waals surface area (Å²) < 4.78 is 33.5. The first-order chi connectivity index (χ1) is 29.4. The predicted octanol–water partition coefficient (Wildman–Crippen LogP) is 9.17. The molecule has 13 nitrogen and oxygen atoms in total. The van der Waals surface area contributed by atoms with Crippen LogP contribution in [0.3, 0.4) is 0 Å². The number of carbonyl (C=O) groups excluding carboxylic acids is 2. The van der Waals surface area contributed by atoms with Crippen molar-refractivity contribution in [1.82, 2.24) is 0 Å². The molecule has 1 aliphatic carbocycles.